The lowest BCUT2D eigenvalue weighted by atomic mass is 10.1. The number of hydrogen-bond acceptors (Lipinski definition) is 5. The number of esters is 1. The molecule has 3 aromatic heterocycles. The van der Waals surface area contributed by atoms with E-state index in [0.29, 0.717) is 29.1 Å². The number of aromatic amines is 1. The average Bonchev–Trinajstić information content (AvgIpc) is 3.15. The fourth-order valence-electron chi connectivity index (χ4n) is 2.93. The number of aromatic nitrogens is 3. The molecule has 0 saturated heterocycles. The zero-order valence-corrected chi connectivity index (χ0v) is 16.0. The Hall–Kier alpha value is -2.54. The molecule has 0 aromatic carbocycles. The highest BCUT2D eigenvalue weighted by Crippen LogP contribution is 2.28. The number of hydrogen-bond donors (Lipinski definition) is 1. The van der Waals surface area contributed by atoms with Crippen molar-refractivity contribution in [2.75, 3.05) is 6.61 Å². The zero-order chi connectivity index (χ0) is 18.8. The molecule has 0 bridgehead atoms. The Morgan fingerprint density at radius 2 is 2.12 bits per heavy atom. The maximum Gasteiger partial charge on any atom is 0.340 e. The summed E-state index contributed by atoms with van der Waals surface area (Å²) in [4.78, 5) is 32.5. The van der Waals surface area contributed by atoms with Crippen molar-refractivity contribution < 1.29 is 14.3 Å². The third kappa shape index (κ3) is 3.26. The number of Topliss-reactive ketones (excluding diaryl/α,β-unsaturated/α-hetero) is 1. The molecule has 1 unspecified atom stereocenters. The van der Waals surface area contributed by atoms with E-state index in [4.69, 9.17) is 4.74 Å². The fraction of sp³-hybridized carbons (Fsp3) is 0.316. The topological polar surface area (TPSA) is 76.5 Å². The van der Waals surface area contributed by atoms with Crippen molar-refractivity contribution in [3.63, 3.8) is 0 Å². The van der Waals surface area contributed by atoms with Crippen molar-refractivity contribution in [1.82, 2.24) is 14.4 Å². The van der Waals surface area contributed by atoms with Crippen LogP contribution in [-0.2, 0) is 4.74 Å². The van der Waals surface area contributed by atoms with Crippen LogP contribution >= 0.6 is 11.8 Å². The number of carbonyl (C=O) groups is 2. The maximum absolute atomic E-state index is 12.9. The molecular formula is C19H21N3O3S. The minimum Gasteiger partial charge on any atom is -0.462 e. The third-order valence-electron chi connectivity index (χ3n) is 4.22. The van der Waals surface area contributed by atoms with Gasteiger partial charge in [0.1, 0.15) is 0 Å². The summed E-state index contributed by atoms with van der Waals surface area (Å²) >= 11 is 1.39. The predicted molar refractivity (Wildman–Crippen MR) is 101 cm³/mol. The van der Waals surface area contributed by atoms with Gasteiger partial charge in [-0.05, 0) is 45.4 Å². The highest BCUT2D eigenvalue weighted by molar-refractivity contribution is 8.00. The number of rotatable bonds is 6. The lowest BCUT2D eigenvalue weighted by Gasteiger charge is -2.09. The van der Waals surface area contributed by atoms with Crippen LogP contribution in [0.3, 0.4) is 0 Å². The quantitative estimate of drug-likeness (QED) is 0.405. The van der Waals surface area contributed by atoms with Gasteiger partial charge in [-0.25, -0.2) is 9.78 Å². The predicted octanol–water partition coefficient (Wildman–Crippen LogP) is 3.82. The van der Waals surface area contributed by atoms with E-state index in [9.17, 15) is 9.59 Å². The van der Waals surface area contributed by atoms with Crippen LogP contribution < -0.4 is 0 Å². The zero-order valence-electron chi connectivity index (χ0n) is 15.2. The first-order valence-corrected chi connectivity index (χ1v) is 9.31. The summed E-state index contributed by atoms with van der Waals surface area (Å²) in [6, 6.07) is 5.84. The lowest BCUT2D eigenvalue weighted by molar-refractivity contribution is 0.0525. The van der Waals surface area contributed by atoms with E-state index in [2.05, 4.69) is 9.97 Å². The third-order valence-corrected chi connectivity index (χ3v) is 5.30. The molecule has 0 aliphatic carbocycles. The molecule has 1 N–H and O–H groups in total. The Bertz CT molecular complexity index is 974. The highest BCUT2D eigenvalue weighted by atomic mass is 32.2. The molecule has 7 heteroatoms. The lowest BCUT2D eigenvalue weighted by Crippen LogP contribution is -2.16. The van der Waals surface area contributed by atoms with Gasteiger partial charge in [-0.1, -0.05) is 17.8 Å². The van der Waals surface area contributed by atoms with Crippen molar-refractivity contribution in [2.24, 2.45) is 0 Å². The number of aryl methyl sites for hydroxylation is 1. The molecule has 1 atom stereocenters. The Balaban J connectivity index is 1.85. The SMILES string of the molecule is CCOC(=O)c1c(C)[nH]c(C(=O)C(C)Sc2ncc3ccccn23)c1C. The van der Waals surface area contributed by atoms with Gasteiger partial charge in [0, 0.05) is 11.9 Å². The number of ether oxygens (including phenoxy) is 1. The summed E-state index contributed by atoms with van der Waals surface area (Å²) in [7, 11) is 0. The van der Waals surface area contributed by atoms with E-state index in [1.54, 1.807) is 27.0 Å². The molecule has 26 heavy (non-hydrogen) atoms. The van der Waals surface area contributed by atoms with E-state index >= 15 is 0 Å². The van der Waals surface area contributed by atoms with E-state index in [1.807, 2.05) is 35.7 Å². The van der Waals surface area contributed by atoms with Crippen LogP contribution in [0.4, 0.5) is 0 Å². The molecule has 3 heterocycles. The molecule has 3 aromatic rings. The summed E-state index contributed by atoms with van der Waals surface area (Å²) in [5.74, 6) is -0.476. The number of thioether (sulfide) groups is 1. The van der Waals surface area contributed by atoms with E-state index < -0.39 is 5.97 Å². The first-order chi connectivity index (χ1) is 12.4. The molecule has 0 amide bonds. The molecule has 0 aliphatic heterocycles. The minimum atomic E-state index is -0.405. The molecule has 0 fully saturated rings. The number of nitrogens with zero attached hydrogens (tertiary/aromatic N) is 2. The Kier molecular flexibility index (Phi) is 5.18. The Morgan fingerprint density at radius 3 is 2.85 bits per heavy atom. The molecule has 136 valence electrons. The normalized spacial score (nSPS) is 12.3. The average molecular weight is 371 g/mol. The van der Waals surface area contributed by atoms with Gasteiger partial charge >= 0.3 is 5.97 Å². The Labute approximate surface area is 156 Å². The standard InChI is InChI=1S/C19H21N3O3S/c1-5-25-18(24)15-11(2)16(21-12(15)3)17(23)13(4)26-19-20-10-14-8-6-7-9-22(14)19/h6-10,13,21H,5H2,1-4H3. The number of imidazole rings is 1. The first kappa shape index (κ1) is 18.3. The van der Waals surface area contributed by atoms with Crippen LogP contribution in [0.15, 0.2) is 35.7 Å². The molecule has 0 saturated carbocycles. The molecule has 3 rings (SSSR count). The Morgan fingerprint density at radius 1 is 1.35 bits per heavy atom. The number of carbonyl (C=O) groups excluding carboxylic acids is 2. The monoisotopic (exact) mass is 371 g/mol. The van der Waals surface area contributed by atoms with Crippen molar-refractivity contribution >= 4 is 29.0 Å². The van der Waals surface area contributed by atoms with Gasteiger partial charge in [-0.2, -0.15) is 0 Å². The molecular weight excluding hydrogens is 350 g/mol. The number of fused-ring (bicyclic) bond motifs is 1. The fourth-order valence-corrected chi connectivity index (χ4v) is 3.86. The van der Waals surface area contributed by atoms with Crippen molar-refractivity contribution in [1.29, 1.82) is 0 Å². The van der Waals surface area contributed by atoms with Crippen LogP contribution in [-0.4, -0.2) is 38.0 Å². The van der Waals surface area contributed by atoms with Gasteiger partial charge in [0.25, 0.3) is 0 Å². The van der Waals surface area contributed by atoms with Gasteiger partial charge in [-0.3, -0.25) is 9.20 Å². The van der Waals surface area contributed by atoms with Crippen molar-refractivity contribution in [3.8, 4) is 0 Å². The van der Waals surface area contributed by atoms with Crippen LogP contribution in [0, 0.1) is 13.8 Å². The largest absolute Gasteiger partial charge is 0.462 e. The van der Waals surface area contributed by atoms with Crippen LogP contribution in [0.25, 0.3) is 5.52 Å². The summed E-state index contributed by atoms with van der Waals surface area (Å²) in [6.07, 6.45) is 3.70. The second-order valence-corrected chi connectivity index (χ2v) is 7.31. The van der Waals surface area contributed by atoms with E-state index in [1.165, 1.54) is 11.8 Å². The first-order valence-electron chi connectivity index (χ1n) is 8.43. The van der Waals surface area contributed by atoms with Crippen LogP contribution in [0.5, 0.6) is 0 Å². The van der Waals surface area contributed by atoms with Crippen LogP contribution in [0.2, 0.25) is 0 Å². The number of ketones is 1. The maximum atomic E-state index is 12.9. The highest BCUT2D eigenvalue weighted by Gasteiger charge is 2.26. The number of pyridine rings is 1. The molecule has 0 radical (unpaired) electrons. The van der Waals surface area contributed by atoms with Gasteiger partial charge < -0.3 is 9.72 Å². The van der Waals surface area contributed by atoms with Crippen molar-refractivity contribution in [2.45, 2.75) is 38.1 Å². The summed E-state index contributed by atoms with van der Waals surface area (Å²) in [5.41, 5.74) is 3.15. The van der Waals surface area contributed by atoms with E-state index in [-0.39, 0.29) is 11.0 Å². The summed E-state index contributed by atoms with van der Waals surface area (Å²) < 4.78 is 7.04. The molecule has 0 aliphatic rings. The minimum absolute atomic E-state index is 0.0705. The number of nitrogens with one attached hydrogen (secondary N) is 1. The second-order valence-electron chi connectivity index (χ2n) is 6.01. The van der Waals surface area contributed by atoms with Gasteiger partial charge in [0.15, 0.2) is 10.9 Å². The molecule has 6 nitrogen and oxygen atoms in total. The smallest absolute Gasteiger partial charge is 0.340 e. The van der Waals surface area contributed by atoms with Crippen molar-refractivity contribution in [3.05, 3.63) is 53.1 Å². The van der Waals surface area contributed by atoms with Gasteiger partial charge in [-0.15, -0.1) is 0 Å². The van der Waals surface area contributed by atoms with E-state index in [0.717, 1.165) is 10.7 Å². The summed E-state index contributed by atoms with van der Waals surface area (Å²) in [6.45, 7) is 7.44. The summed E-state index contributed by atoms with van der Waals surface area (Å²) in [5, 5.41) is 0.403. The van der Waals surface area contributed by atoms with Crippen LogP contribution in [0.1, 0.15) is 46.0 Å². The second kappa shape index (κ2) is 7.37. The van der Waals surface area contributed by atoms with Gasteiger partial charge in [0.05, 0.1) is 34.8 Å². The van der Waals surface area contributed by atoms with Gasteiger partial charge in [0.2, 0.25) is 0 Å². The molecule has 0 spiro atoms. The number of H-pyrrole nitrogens is 1.